The van der Waals surface area contributed by atoms with Gasteiger partial charge in [-0.2, -0.15) is 5.10 Å². The van der Waals surface area contributed by atoms with Gasteiger partial charge in [0.2, 0.25) is 0 Å². The number of hydrogen-bond donors (Lipinski definition) is 0. The second kappa shape index (κ2) is 2.86. The van der Waals surface area contributed by atoms with Gasteiger partial charge in [-0.05, 0) is 25.5 Å². The van der Waals surface area contributed by atoms with Gasteiger partial charge in [0.15, 0.2) is 5.82 Å². The van der Waals surface area contributed by atoms with Gasteiger partial charge in [0.1, 0.15) is 0 Å². The van der Waals surface area contributed by atoms with Gasteiger partial charge < -0.3 is 4.90 Å². The van der Waals surface area contributed by atoms with Gasteiger partial charge in [-0.25, -0.2) is 0 Å². The Morgan fingerprint density at radius 2 is 1.82 bits per heavy atom. The highest BCUT2D eigenvalue weighted by atomic mass is 15.2. The van der Waals surface area contributed by atoms with Crippen LogP contribution in [0.1, 0.15) is 11.3 Å². The molecule has 1 rings (SSSR count). The number of aryl methyl sites for hydroxylation is 2. The first kappa shape index (κ1) is 7.98. The van der Waals surface area contributed by atoms with Gasteiger partial charge in [-0.1, -0.05) is 0 Å². The topological polar surface area (TPSA) is 29.0 Å². The Hall–Kier alpha value is -1.12. The number of anilines is 1. The molecule has 1 heterocycles. The molecular formula is C8H13N3. The van der Waals surface area contributed by atoms with E-state index >= 15 is 0 Å². The lowest BCUT2D eigenvalue weighted by Crippen LogP contribution is -2.11. The molecule has 1 aromatic rings. The molecule has 0 fully saturated rings. The zero-order chi connectivity index (χ0) is 8.43. The van der Waals surface area contributed by atoms with Crippen LogP contribution in [0.25, 0.3) is 0 Å². The summed E-state index contributed by atoms with van der Waals surface area (Å²) in [5, 5.41) is 8.02. The van der Waals surface area contributed by atoms with E-state index in [9.17, 15) is 0 Å². The van der Waals surface area contributed by atoms with Gasteiger partial charge in [-0.15, -0.1) is 5.10 Å². The van der Waals surface area contributed by atoms with Crippen molar-refractivity contribution >= 4 is 5.82 Å². The van der Waals surface area contributed by atoms with Crippen molar-refractivity contribution in [2.45, 2.75) is 13.8 Å². The molecule has 60 valence electrons. The van der Waals surface area contributed by atoms with E-state index in [0.29, 0.717) is 0 Å². The molecule has 3 heteroatoms. The summed E-state index contributed by atoms with van der Waals surface area (Å²) in [6.45, 7) is 4.00. The predicted octanol–water partition coefficient (Wildman–Crippen LogP) is 1.16. The van der Waals surface area contributed by atoms with Crippen LogP contribution < -0.4 is 4.90 Å². The maximum atomic E-state index is 4.01. The minimum Gasteiger partial charge on any atom is -0.361 e. The SMILES string of the molecule is Cc1cc(N(C)C)nnc1C. The predicted molar refractivity (Wildman–Crippen MR) is 45.8 cm³/mol. The van der Waals surface area contributed by atoms with E-state index in [4.69, 9.17) is 0 Å². The molecule has 3 nitrogen and oxygen atoms in total. The lowest BCUT2D eigenvalue weighted by Gasteiger charge is -2.10. The van der Waals surface area contributed by atoms with Gasteiger partial charge >= 0.3 is 0 Å². The van der Waals surface area contributed by atoms with Gasteiger partial charge in [0, 0.05) is 14.1 Å². The molecule has 0 aliphatic heterocycles. The van der Waals surface area contributed by atoms with Crippen LogP contribution in [-0.4, -0.2) is 24.3 Å². The Morgan fingerprint density at radius 1 is 1.18 bits per heavy atom. The Kier molecular flexibility index (Phi) is 2.08. The Balaban J connectivity index is 3.05. The molecule has 11 heavy (non-hydrogen) atoms. The third-order valence-electron chi connectivity index (χ3n) is 1.68. The van der Waals surface area contributed by atoms with Crippen molar-refractivity contribution in [3.8, 4) is 0 Å². The van der Waals surface area contributed by atoms with Gasteiger partial charge in [0.25, 0.3) is 0 Å². The van der Waals surface area contributed by atoms with E-state index < -0.39 is 0 Å². The van der Waals surface area contributed by atoms with Crippen LogP contribution in [0.4, 0.5) is 5.82 Å². The highest BCUT2D eigenvalue weighted by Gasteiger charge is 1.99. The number of aromatic nitrogens is 2. The second-order valence-electron chi connectivity index (χ2n) is 2.87. The fourth-order valence-electron chi connectivity index (χ4n) is 0.751. The monoisotopic (exact) mass is 151 g/mol. The standard InChI is InChI=1S/C8H13N3/c1-6-5-8(11(3)4)10-9-7(6)2/h5H,1-4H3. The van der Waals surface area contributed by atoms with Crippen LogP contribution in [-0.2, 0) is 0 Å². The quantitative estimate of drug-likeness (QED) is 0.603. The van der Waals surface area contributed by atoms with Gasteiger partial charge in [-0.3, -0.25) is 0 Å². The van der Waals surface area contributed by atoms with Crippen LogP contribution in [0.3, 0.4) is 0 Å². The summed E-state index contributed by atoms with van der Waals surface area (Å²) in [4.78, 5) is 1.94. The maximum Gasteiger partial charge on any atom is 0.150 e. The highest BCUT2D eigenvalue weighted by molar-refractivity contribution is 5.38. The summed E-state index contributed by atoms with van der Waals surface area (Å²) in [6.07, 6.45) is 0. The Bertz CT molecular complexity index is 256. The average Bonchev–Trinajstić information content (AvgIpc) is 1.94. The lowest BCUT2D eigenvalue weighted by molar-refractivity contribution is 0.921. The van der Waals surface area contributed by atoms with E-state index in [2.05, 4.69) is 10.2 Å². The van der Waals surface area contributed by atoms with E-state index in [1.165, 1.54) is 5.56 Å². The van der Waals surface area contributed by atoms with Crippen molar-refractivity contribution < 1.29 is 0 Å². The Labute approximate surface area is 67.1 Å². The van der Waals surface area contributed by atoms with Crippen molar-refractivity contribution in [3.05, 3.63) is 17.3 Å². The number of nitrogens with zero attached hydrogens (tertiary/aromatic N) is 3. The normalized spacial score (nSPS) is 9.82. The van der Waals surface area contributed by atoms with Crippen LogP contribution in [0, 0.1) is 13.8 Å². The van der Waals surface area contributed by atoms with Crippen LogP contribution in [0.15, 0.2) is 6.07 Å². The first-order valence-corrected chi connectivity index (χ1v) is 3.59. The summed E-state index contributed by atoms with van der Waals surface area (Å²) < 4.78 is 0. The molecule has 0 radical (unpaired) electrons. The van der Waals surface area contributed by atoms with E-state index in [-0.39, 0.29) is 0 Å². The third kappa shape index (κ3) is 1.67. The van der Waals surface area contributed by atoms with Crippen LogP contribution in [0.2, 0.25) is 0 Å². The summed E-state index contributed by atoms with van der Waals surface area (Å²) in [7, 11) is 3.91. The average molecular weight is 151 g/mol. The Morgan fingerprint density at radius 3 is 2.27 bits per heavy atom. The molecule has 0 amide bonds. The number of rotatable bonds is 1. The van der Waals surface area contributed by atoms with Crippen LogP contribution >= 0.6 is 0 Å². The largest absolute Gasteiger partial charge is 0.361 e. The molecule has 1 aromatic heterocycles. The van der Waals surface area contributed by atoms with Crippen molar-refractivity contribution in [3.63, 3.8) is 0 Å². The first-order valence-electron chi connectivity index (χ1n) is 3.59. The molecule has 0 N–H and O–H groups in total. The van der Waals surface area contributed by atoms with Crippen molar-refractivity contribution in [1.82, 2.24) is 10.2 Å². The smallest absolute Gasteiger partial charge is 0.150 e. The van der Waals surface area contributed by atoms with Crippen molar-refractivity contribution in [2.75, 3.05) is 19.0 Å². The third-order valence-corrected chi connectivity index (χ3v) is 1.68. The molecule has 0 aromatic carbocycles. The zero-order valence-electron chi connectivity index (χ0n) is 7.42. The zero-order valence-corrected chi connectivity index (χ0v) is 7.42. The van der Waals surface area contributed by atoms with E-state index in [0.717, 1.165) is 11.5 Å². The molecule has 0 bridgehead atoms. The summed E-state index contributed by atoms with van der Waals surface area (Å²) in [5.74, 6) is 0.910. The minimum atomic E-state index is 0.910. The van der Waals surface area contributed by atoms with Crippen LogP contribution in [0.5, 0.6) is 0 Å². The molecule has 0 aliphatic carbocycles. The fraction of sp³-hybridized carbons (Fsp3) is 0.500. The van der Waals surface area contributed by atoms with Crippen molar-refractivity contribution in [2.24, 2.45) is 0 Å². The van der Waals surface area contributed by atoms with Crippen molar-refractivity contribution in [1.29, 1.82) is 0 Å². The van der Waals surface area contributed by atoms with Gasteiger partial charge in [0.05, 0.1) is 5.69 Å². The summed E-state index contributed by atoms with van der Waals surface area (Å²) >= 11 is 0. The summed E-state index contributed by atoms with van der Waals surface area (Å²) in [5.41, 5.74) is 2.18. The highest BCUT2D eigenvalue weighted by Crippen LogP contribution is 2.09. The molecule has 0 saturated heterocycles. The number of hydrogen-bond acceptors (Lipinski definition) is 3. The molecule has 0 saturated carbocycles. The molecule has 0 atom stereocenters. The molecule has 0 unspecified atom stereocenters. The second-order valence-corrected chi connectivity index (χ2v) is 2.87. The molecule has 0 spiro atoms. The van der Waals surface area contributed by atoms with E-state index in [1.54, 1.807) is 0 Å². The molecular weight excluding hydrogens is 138 g/mol. The summed E-state index contributed by atoms with van der Waals surface area (Å²) in [6, 6.07) is 2.03. The minimum absolute atomic E-state index is 0.910. The molecule has 0 aliphatic rings. The first-order chi connectivity index (χ1) is 5.11. The lowest BCUT2D eigenvalue weighted by atomic mass is 10.2. The van der Waals surface area contributed by atoms with E-state index in [1.807, 2.05) is 38.9 Å². The maximum absolute atomic E-state index is 4.01. The fourth-order valence-corrected chi connectivity index (χ4v) is 0.751.